The molecular weight excluding hydrogens is 583 g/mol. The van der Waals surface area contributed by atoms with Gasteiger partial charge in [-0.3, -0.25) is 0 Å². The van der Waals surface area contributed by atoms with Gasteiger partial charge in [0.1, 0.15) is 11.6 Å². The van der Waals surface area contributed by atoms with Gasteiger partial charge < -0.3 is 35.0 Å². The molecule has 3 aromatic rings. The largest absolute Gasteiger partial charge is 0.507 e. The van der Waals surface area contributed by atoms with Gasteiger partial charge in [-0.05, 0) is 74.9 Å². The number of nitrogens with zero attached hydrogens (tertiary/aromatic N) is 5. The first-order valence-corrected chi connectivity index (χ1v) is 17.2. The summed E-state index contributed by atoms with van der Waals surface area (Å²) in [4.78, 5) is 6.94. The second-order valence-electron chi connectivity index (χ2n) is 13.0. The van der Waals surface area contributed by atoms with Gasteiger partial charge in [0, 0.05) is 68.6 Å². The van der Waals surface area contributed by atoms with Gasteiger partial charge >= 0.3 is 0 Å². The van der Waals surface area contributed by atoms with E-state index in [1.165, 1.54) is 0 Å². The minimum Gasteiger partial charge on any atom is -0.507 e. The molecule has 248 valence electrons. The lowest BCUT2D eigenvalue weighted by molar-refractivity contribution is -0.177. The van der Waals surface area contributed by atoms with Crippen molar-refractivity contribution in [2.75, 3.05) is 59.8 Å². The van der Waals surface area contributed by atoms with E-state index < -0.39 is 0 Å². The van der Waals surface area contributed by atoms with Crippen LogP contribution in [0.25, 0.3) is 11.3 Å². The Hall–Kier alpha value is -3.63. The second-order valence-corrected chi connectivity index (χ2v) is 13.0. The highest BCUT2D eigenvalue weighted by molar-refractivity contribution is 5.74. The number of rotatable bonds is 13. The number of halogens is 1. The van der Waals surface area contributed by atoms with Crippen LogP contribution in [-0.2, 0) is 9.47 Å². The van der Waals surface area contributed by atoms with E-state index in [1.807, 2.05) is 24.3 Å². The Bertz CT molecular complexity index is 1430. The maximum absolute atomic E-state index is 15.6. The third-order valence-corrected chi connectivity index (χ3v) is 9.86. The number of aromatic nitrogens is 2. The fourth-order valence-electron chi connectivity index (χ4n) is 7.29. The van der Waals surface area contributed by atoms with Gasteiger partial charge in [-0.25, -0.2) is 4.39 Å². The maximum atomic E-state index is 15.6. The molecule has 1 aromatic heterocycles. The molecule has 4 heterocycles. The Morgan fingerprint density at radius 1 is 0.870 bits per heavy atom. The molecule has 9 nitrogen and oxygen atoms in total. The van der Waals surface area contributed by atoms with E-state index in [0.717, 1.165) is 89.0 Å². The van der Waals surface area contributed by atoms with Crippen LogP contribution in [-0.4, -0.2) is 73.1 Å². The summed E-state index contributed by atoms with van der Waals surface area (Å²) in [6.07, 6.45) is 8.12. The number of nitrogen functional groups attached to an aromatic ring is 1. The number of benzene rings is 2. The number of aromatic hydroxyl groups is 1. The Morgan fingerprint density at radius 2 is 1.54 bits per heavy atom. The Balaban J connectivity index is 1.13. The predicted octanol–water partition coefficient (Wildman–Crippen LogP) is 6.60. The summed E-state index contributed by atoms with van der Waals surface area (Å²) >= 11 is 0. The molecule has 2 aromatic carbocycles. The molecule has 0 radical (unpaired) electrons. The third-order valence-electron chi connectivity index (χ3n) is 9.86. The molecule has 10 heteroatoms. The number of para-hydroxylation sites is 1. The van der Waals surface area contributed by atoms with Crippen molar-refractivity contribution in [1.82, 2.24) is 10.2 Å². The monoisotopic (exact) mass is 632 g/mol. The smallest absolute Gasteiger partial charge is 0.169 e. The number of ether oxygens (including phenoxy) is 2. The lowest BCUT2D eigenvalue weighted by Gasteiger charge is -2.44. The van der Waals surface area contributed by atoms with Gasteiger partial charge in [0.05, 0.1) is 17.1 Å². The summed E-state index contributed by atoms with van der Waals surface area (Å²) in [5.74, 6) is 0.703. The summed E-state index contributed by atoms with van der Waals surface area (Å²) in [6, 6.07) is 14.9. The minimum atomic E-state index is -0.176. The van der Waals surface area contributed by atoms with Crippen LogP contribution in [0.15, 0.2) is 48.5 Å². The molecule has 0 amide bonds. The van der Waals surface area contributed by atoms with Crippen molar-refractivity contribution < 1.29 is 19.0 Å². The standard InChI is InChI=1S/C36H49FN6O3/c1-3-5-19-45-36(46-20-6-4-2)25-15-17-41(18-16-25)26-13-14-30(37)32(21-26)43-27-11-12-28(43)24-42(23-27)33-22-31(39-40-35(33)38)29-9-7-8-10-34(29)44/h7-10,13-14,21-22,25,27-28,36,44H,3-6,11-12,15-20,23-24H2,1-2H3,(H2,38,40). The molecule has 3 saturated heterocycles. The number of hydrogen-bond donors (Lipinski definition) is 2. The minimum absolute atomic E-state index is 0.143. The summed E-state index contributed by atoms with van der Waals surface area (Å²) in [7, 11) is 0. The summed E-state index contributed by atoms with van der Waals surface area (Å²) < 4.78 is 28.0. The highest BCUT2D eigenvalue weighted by atomic mass is 19.1. The van der Waals surface area contributed by atoms with Crippen molar-refractivity contribution in [3.8, 4) is 17.0 Å². The number of piperazine rings is 1. The highest BCUT2D eigenvalue weighted by Gasteiger charge is 2.42. The molecule has 2 unspecified atom stereocenters. The molecule has 6 rings (SSSR count). The van der Waals surface area contributed by atoms with Crippen LogP contribution in [0.1, 0.15) is 65.2 Å². The number of fused-ring (bicyclic) bond motifs is 2. The van der Waals surface area contributed by atoms with Gasteiger partial charge in [-0.2, -0.15) is 0 Å². The van der Waals surface area contributed by atoms with Gasteiger partial charge in [-0.15, -0.1) is 10.2 Å². The zero-order valence-corrected chi connectivity index (χ0v) is 27.3. The van der Waals surface area contributed by atoms with Gasteiger partial charge in [-0.1, -0.05) is 38.8 Å². The molecule has 46 heavy (non-hydrogen) atoms. The van der Waals surface area contributed by atoms with E-state index in [9.17, 15) is 5.11 Å². The van der Waals surface area contributed by atoms with Crippen LogP contribution >= 0.6 is 0 Å². The summed E-state index contributed by atoms with van der Waals surface area (Å²) in [5, 5.41) is 18.9. The Kier molecular flexibility index (Phi) is 10.4. The number of phenolic OH excluding ortho intramolecular Hbond substituents is 1. The number of nitrogens with two attached hydrogens (primary N) is 1. The van der Waals surface area contributed by atoms with Crippen LogP contribution in [0.5, 0.6) is 5.75 Å². The lowest BCUT2D eigenvalue weighted by atomic mass is 9.95. The average Bonchev–Trinajstić information content (AvgIpc) is 3.33. The van der Waals surface area contributed by atoms with Crippen molar-refractivity contribution >= 4 is 22.9 Å². The molecule has 2 bridgehead atoms. The predicted molar refractivity (Wildman–Crippen MR) is 182 cm³/mol. The Labute approximate surface area is 272 Å². The average molecular weight is 633 g/mol. The maximum Gasteiger partial charge on any atom is 0.169 e. The SMILES string of the molecule is CCCCOC(OCCCC)C1CCN(c2ccc(F)c(N3C4CCC3CN(c3cc(-c5ccccc5O)nnc3N)C4)c2)CC1. The molecule has 3 aliphatic rings. The van der Waals surface area contributed by atoms with Crippen molar-refractivity contribution in [1.29, 1.82) is 0 Å². The molecule has 3 aliphatic heterocycles. The Morgan fingerprint density at radius 3 is 2.20 bits per heavy atom. The summed E-state index contributed by atoms with van der Waals surface area (Å²) in [5.41, 5.74) is 10.1. The van der Waals surface area contributed by atoms with E-state index in [2.05, 4.69) is 44.8 Å². The summed E-state index contributed by atoms with van der Waals surface area (Å²) in [6.45, 7) is 9.06. The molecule has 3 N–H and O–H groups in total. The number of phenols is 1. The van der Waals surface area contributed by atoms with Crippen LogP contribution in [0.2, 0.25) is 0 Å². The van der Waals surface area contributed by atoms with Gasteiger partial charge in [0.2, 0.25) is 0 Å². The number of unbranched alkanes of at least 4 members (excludes halogenated alkanes) is 2. The van der Waals surface area contributed by atoms with Gasteiger partial charge in [0.25, 0.3) is 0 Å². The number of hydrogen-bond acceptors (Lipinski definition) is 9. The highest BCUT2D eigenvalue weighted by Crippen LogP contribution is 2.41. The second kappa shape index (κ2) is 14.9. The molecule has 0 saturated carbocycles. The zero-order chi connectivity index (χ0) is 32.0. The first kappa shape index (κ1) is 32.3. The number of piperidine rings is 1. The third kappa shape index (κ3) is 7.03. The van der Waals surface area contributed by atoms with Crippen LogP contribution in [0, 0.1) is 11.7 Å². The first-order valence-electron chi connectivity index (χ1n) is 17.2. The molecule has 2 atom stereocenters. The van der Waals surface area contributed by atoms with Crippen molar-refractivity contribution in [2.24, 2.45) is 5.92 Å². The fraction of sp³-hybridized carbons (Fsp3) is 0.556. The molecular formula is C36H49FN6O3. The van der Waals surface area contributed by atoms with Crippen molar-refractivity contribution in [2.45, 2.75) is 83.6 Å². The lowest BCUT2D eigenvalue weighted by Crippen LogP contribution is -2.54. The quantitative estimate of drug-likeness (QED) is 0.159. The van der Waals surface area contributed by atoms with E-state index in [1.54, 1.807) is 18.2 Å². The topological polar surface area (TPSA) is 100 Å². The molecule has 0 spiro atoms. The first-order chi connectivity index (χ1) is 22.5. The van der Waals surface area contributed by atoms with Crippen molar-refractivity contribution in [3.05, 3.63) is 54.3 Å². The number of anilines is 4. The van der Waals surface area contributed by atoms with E-state index in [0.29, 0.717) is 41.8 Å². The zero-order valence-electron chi connectivity index (χ0n) is 27.3. The van der Waals surface area contributed by atoms with Crippen molar-refractivity contribution in [3.63, 3.8) is 0 Å². The van der Waals surface area contributed by atoms with E-state index in [-0.39, 0.29) is 29.9 Å². The van der Waals surface area contributed by atoms with Crippen LogP contribution < -0.4 is 20.4 Å². The van der Waals surface area contributed by atoms with Gasteiger partial charge in [0.15, 0.2) is 12.1 Å². The fourth-order valence-corrected chi connectivity index (χ4v) is 7.29. The normalized spacial score (nSPS) is 20.2. The molecule has 3 fully saturated rings. The van der Waals surface area contributed by atoms with E-state index >= 15 is 4.39 Å². The van der Waals surface area contributed by atoms with Crippen LogP contribution in [0.4, 0.5) is 27.3 Å². The molecule has 0 aliphatic carbocycles. The van der Waals surface area contributed by atoms with E-state index in [4.69, 9.17) is 15.2 Å². The van der Waals surface area contributed by atoms with Crippen LogP contribution in [0.3, 0.4) is 0 Å².